The number of carbonyl (C=O) groups excluding carboxylic acids is 1. The lowest BCUT2D eigenvalue weighted by Gasteiger charge is -2.12. The lowest BCUT2D eigenvalue weighted by atomic mass is 10.1. The second-order valence-electron chi connectivity index (χ2n) is 3.05. The molecule has 4 N–H and O–H groups in total. The van der Waals surface area contributed by atoms with Gasteiger partial charge in [0.1, 0.15) is 5.78 Å². The predicted octanol–water partition coefficient (Wildman–Crippen LogP) is -0.0369. The first kappa shape index (κ1) is 12.0. The molecule has 0 aliphatic carbocycles. The maximum Gasteiger partial charge on any atom is 0.146 e. The van der Waals surface area contributed by atoms with Crippen LogP contribution in [0.25, 0.3) is 0 Å². The van der Waals surface area contributed by atoms with Gasteiger partial charge in [-0.1, -0.05) is 6.58 Å². The Labute approximate surface area is 79.6 Å². The van der Waals surface area contributed by atoms with E-state index in [2.05, 4.69) is 17.2 Å². The van der Waals surface area contributed by atoms with Gasteiger partial charge in [-0.2, -0.15) is 0 Å². The highest BCUT2D eigenvalue weighted by atomic mass is 16.1. The summed E-state index contributed by atoms with van der Waals surface area (Å²) in [6.07, 6.45) is 1.73. The molecule has 0 aromatic rings. The van der Waals surface area contributed by atoms with Crippen molar-refractivity contribution in [3.05, 3.63) is 12.4 Å². The maximum atomic E-state index is 11.0. The van der Waals surface area contributed by atoms with Gasteiger partial charge in [-0.25, -0.2) is 0 Å². The summed E-state index contributed by atoms with van der Waals surface area (Å²) >= 11 is 0. The minimum Gasteiger partial charge on any atom is -0.386 e. The Morgan fingerprint density at radius 3 is 2.62 bits per heavy atom. The summed E-state index contributed by atoms with van der Waals surface area (Å²) in [5.41, 5.74) is 5.31. The average molecular weight is 185 g/mol. The fourth-order valence-corrected chi connectivity index (χ4v) is 1.11. The Kier molecular flexibility index (Phi) is 5.97. The zero-order valence-corrected chi connectivity index (χ0v) is 8.39. The molecule has 0 fully saturated rings. The third-order valence-corrected chi connectivity index (χ3v) is 1.86. The van der Waals surface area contributed by atoms with Gasteiger partial charge in [0.2, 0.25) is 0 Å². The molecule has 0 spiro atoms. The first-order valence-electron chi connectivity index (χ1n) is 4.44. The number of rotatable bonds is 7. The number of nitrogens with one attached hydrogen (secondary N) is 2. The summed E-state index contributed by atoms with van der Waals surface area (Å²) in [6.45, 7) is 5.87. The summed E-state index contributed by atoms with van der Waals surface area (Å²) in [5, 5.41) is 5.87. The lowest BCUT2D eigenvalue weighted by Crippen LogP contribution is -2.33. The summed E-state index contributed by atoms with van der Waals surface area (Å²) < 4.78 is 0. The second kappa shape index (κ2) is 6.48. The first-order chi connectivity index (χ1) is 6.07. The van der Waals surface area contributed by atoms with Crippen LogP contribution >= 0.6 is 0 Å². The smallest absolute Gasteiger partial charge is 0.146 e. The fourth-order valence-electron chi connectivity index (χ4n) is 1.11. The van der Waals surface area contributed by atoms with E-state index in [0.29, 0.717) is 5.82 Å². The van der Waals surface area contributed by atoms with Crippen LogP contribution in [0.1, 0.15) is 19.8 Å². The van der Waals surface area contributed by atoms with E-state index in [4.69, 9.17) is 5.73 Å². The Morgan fingerprint density at radius 2 is 2.23 bits per heavy atom. The van der Waals surface area contributed by atoms with Crippen molar-refractivity contribution in [3.63, 3.8) is 0 Å². The van der Waals surface area contributed by atoms with Crippen LogP contribution in [0.5, 0.6) is 0 Å². The number of carbonyl (C=O) groups is 1. The molecule has 0 aromatic heterocycles. The third-order valence-electron chi connectivity index (χ3n) is 1.86. The van der Waals surface area contributed by atoms with Crippen molar-refractivity contribution in [3.8, 4) is 0 Å². The van der Waals surface area contributed by atoms with Crippen molar-refractivity contribution in [2.75, 3.05) is 13.6 Å². The molecule has 0 heterocycles. The van der Waals surface area contributed by atoms with Crippen LogP contribution in [-0.4, -0.2) is 25.4 Å². The van der Waals surface area contributed by atoms with Gasteiger partial charge in [0.05, 0.1) is 11.9 Å². The van der Waals surface area contributed by atoms with Gasteiger partial charge in [0.25, 0.3) is 0 Å². The monoisotopic (exact) mass is 185 g/mol. The van der Waals surface area contributed by atoms with Gasteiger partial charge < -0.3 is 16.4 Å². The van der Waals surface area contributed by atoms with Crippen molar-refractivity contribution >= 4 is 5.78 Å². The lowest BCUT2D eigenvalue weighted by molar-refractivity contribution is -0.119. The van der Waals surface area contributed by atoms with Crippen LogP contribution in [0.3, 0.4) is 0 Å². The Bertz CT molecular complexity index is 180. The van der Waals surface area contributed by atoms with Crippen molar-refractivity contribution in [2.24, 2.45) is 5.73 Å². The SMILES string of the molecule is C=C(N)NCCCC(NC)C(C)=O. The average Bonchev–Trinajstić information content (AvgIpc) is 2.03. The molecule has 0 bridgehead atoms. The zero-order chi connectivity index (χ0) is 10.3. The number of nitrogens with two attached hydrogens (primary N) is 1. The van der Waals surface area contributed by atoms with E-state index in [1.54, 1.807) is 14.0 Å². The molecule has 4 nitrogen and oxygen atoms in total. The highest BCUT2D eigenvalue weighted by Crippen LogP contribution is 1.97. The highest BCUT2D eigenvalue weighted by molar-refractivity contribution is 5.81. The normalized spacial score (nSPS) is 12.2. The van der Waals surface area contributed by atoms with Crippen LogP contribution in [0.2, 0.25) is 0 Å². The second-order valence-corrected chi connectivity index (χ2v) is 3.05. The molecule has 0 amide bonds. The molecule has 4 heteroatoms. The number of Topliss-reactive ketones (excluding diaryl/α,β-unsaturated/α-hetero) is 1. The van der Waals surface area contributed by atoms with Gasteiger partial charge in [-0.05, 0) is 26.8 Å². The van der Waals surface area contributed by atoms with Gasteiger partial charge >= 0.3 is 0 Å². The van der Waals surface area contributed by atoms with E-state index in [1.807, 2.05) is 0 Å². The van der Waals surface area contributed by atoms with Crippen LogP contribution in [0.15, 0.2) is 12.4 Å². The van der Waals surface area contributed by atoms with Crippen molar-refractivity contribution < 1.29 is 4.79 Å². The number of hydrogen-bond acceptors (Lipinski definition) is 4. The van der Waals surface area contributed by atoms with Crippen LogP contribution in [-0.2, 0) is 4.79 Å². The molecule has 1 unspecified atom stereocenters. The van der Waals surface area contributed by atoms with E-state index < -0.39 is 0 Å². The molecule has 1 atom stereocenters. The van der Waals surface area contributed by atoms with E-state index in [9.17, 15) is 4.79 Å². The van der Waals surface area contributed by atoms with E-state index in [1.165, 1.54) is 0 Å². The zero-order valence-electron chi connectivity index (χ0n) is 8.39. The van der Waals surface area contributed by atoms with Crippen LogP contribution < -0.4 is 16.4 Å². The van der Waals surface area contributed by atoms with E-state index >= 15 is 0 Å². The van der Waals surface area contributed by atoms with E-state index in [0.717, 1.165) is 19.4 Å². The van der Waals surface area contributed by atoms with Gasteiger partial charge in [0.15, 0.2) is 0 Å². The fraction of sp³-hybridized carbons (Fsp3) is 0.667. The summed E-state index contributed by atoms with van der Waals surface area (Å²) in [6, 6.07) is -0.0344. The number of likely N-dealkylation sites (N-methyl/N-ethyl adjacent to an activating group) is 1. The Balaban J connectivity index is 3.50. The molecule has 76 valence electrons. The molecule has 0 saturated heterocycles. The molecule has 0 rings (SSSR count). The first-order valence-corrected chi connectivity index (χ1v) is 4.44. The maximum absolute atomic E-state index is 11.0. The molecule has 0 aromatic carbocycles. The quantitative estimate of drug-likeness (QED) is 0.487. The minimum atomic E-state index is -0.0344. The molecular weight excluding hydrogens is 166 g/mol. The summed E-state index contributed by atoms with van der Waals surface area (Å²) in [7, 11) is 1.79. The molecule has 0 aliphatic heterocycles. The minimum absolute atomic E-state index is 0.0344. The number of hydrogen-bond donors (Lipinski definition) is 3. The Hall–Kier alpha value is -1.03. The summed E-state index contributed by atoms with van der Waals surface area (Å²) in [5.74, 6) is 0.651. The van der Waals surface area contributed by atoms with Gasteiger partial charge in [-0.15, -0.1) is 0 Å². The molecule has 0 aliphatic rings. The molecule has 0 radical (unpaired) electrons. The topological polar surface area (TPSA) is 67.2 Å². The standard InChI is InChI=1S/C9H19N3O/c1-7(13)9(11-3)5-4-6-12-8(2)10/h9,11-12H,2,4-6,10H2,1,3H3. The van der Waals surface area contributed by atoms with Crippen LogP contribution in [0, 0.1) is 0 Å². The highest BCUT2D eigenvalue weighted by Gasteiger charge is 2.09. The predicted molar refractivity (Wildman–Crippen MR) is 54.1 cm³/mol. The van der Waals surface area contributed by atoms with Gasteiger partial charge in [0, 0.05) is 6.54 Å². The molecular formula is C9H19N3O. The summed E-state index contributed by atoms with van der Waals surface area (Å²) in [4.78, 5) is 11.0. The van der Waals surface area contributed by atoms with Crippen molar-refractivity contribution in [2.45, 2.75) is 25.8 Å². The van der Waals surface area contributed by atoms with Gasteiger partial charge in [-0.3, -0.25) is 4.79 Å². The number of ketones is 1. The van der Waals surface area contributed by atoms with Crippen LogP contribution in [0.4, 0.5) is 0 Å². The Morgan fingerprint density at radius 1 is 1.62 bits per heavy atom. The third kappa shape index (κ3) is 6.16. The molecule has 0 saturated carbocycles. The van der Waals surface area contributed by atoms with Crippen molar-refractivity contribution in [1.29, 1.82) is 0 Å². The largest absolute Gasteiger partial charge is 0.386 e. The van der Waals surface area contributed by atoms with Crippen molar-refractivity contribution in [1.82, 2.24) is 10.6 Å². The molecule has 13 heavy (non-hydrogen) atoms. The van der Waals surface area contributed by atoms with E-state index in [-0.39, 0.29) is 11.8 Å².